The molecule has 4 heteroatoms. The van der Waals surface area contributed by atoms with Gasteiger partial charge in [0, 0.05) is 18.2 Å². The van der Waals surface area contributed by atoms with Crippen molar-refractivity contribution in [2.75, 3.05) is 13.1 Å². The molecule has 2 atom stereocenters. The number of aromatic nitrogens is 1. The minimum atomic E-state index is -0.515. The molecular formula is C12H18N2O2. The Kier molecular flexibility index (Phi) is 3.41. The fraction of sp³-hybridized carbons (Fsp3) is 0.583. The standard InChI is InChI=1S/C12H18N2O2/c1-10(13-6-2-3-7-13)12(15)11-4-8-14(16)9-5-11/h4-5,8-10,12,15H,2-3,6-7H2,1H3/t10-,12+/m0/s1. The second-order valence-electron chi connectivity index (χ2n) is 4.42. The molecule has 1 N–H and O–H groups in total. The van der Waals surface area contributed by atoms with Crippen LogP contribution >= 0.6 is 0 Å². The first-order chi connectivity index (χ1) is 7.68. The molecule has 2 rings (SSSR count). The van der Waals surface area contributed by atoms with E-state index in [9.17, 15) is 10.3 Å². The van der Waals surface area contributed by atoms with Gasteiger partial charge in [0.1, 0.15) is 0 Å². The van der Waals surface area contributed by atoms with E-state index in [1.54, 1.807) is 12.1 Å². The Balaban J connectivity index is 2.05. The van der Waals surface area contributed by atoms with Gasteiger partial charge in [-0.15, -0.1) is 0 Å². The molecule has 0 bridgehead atoms. The number of aliphatic hydroxyl groups excluding tert-OH is 1. The third-order valence-electron chi connectivity index (χ3n) is 3.34. The highest BCUT2D eigenvalue weighted by molar-refractivity contribution is 5.13. The first-order valence-corrected chi connectivity index (χ1v) is 5.79. The van der Waals surface area contributed by atoms with Crippen LogP contribution in [0.4, 0.5) is 0 Å². The molecule has 0 amide bonds. The van der Waals surface area contributed by atoms with E-state index in [2.05, 4.69) is 4.90 Å². The van der Waals surface area contributed by atoms with Gasteiger partial charge in [0.15, 0.2) is 12.4 Å². The van der Waals surface area contributed by atoms with Crippen LogP contribution in [-0.2, 0) is 0 Å². The topological polar surface area (TPSA) is 50.4 Å². The molecule has 0 unspecified atom stereocenters. The van der Waals surface area contributed by atoms with E-state index < -0.39 is 6.10 Å². The molecule has 0 aliphatic carbocycles. The van der Waals surface area contributed by atoms with Crippen LogP contribution in [-0.4, -0.2) is 29.1 Å². The fourth-order valence-corrected chi connectivity index (χ4v) is 2.25. The van der Waals surface area contributed by atoms with Crippen molar-refractivity contribution in [3.8, 4) is 0 Å². The lowest BCUT2D eigenvalue weighted by atomic mass is 10.0. The fourth-order valence-electron chi connectivity index (χ4n) is 2.25. The number of rotatable bonds is 3. The molecule has 0 radical (unpaired) electrons. The summed E-state index contributed by atoms with van der Waals surface area (Å²) in [4.78, 5) is 2.29. The van der Waals surface area contributed by atoms with Gasteiger partial charge >= 0.3 is 0 Å². The van der Waals surface area contributed by atoms with Crippen LogP contribution in [0.3, 0.4) is 0 Å². The van der Waals surface area contributed by atoms with Gasteiger partial charge < -0.3 is 10.3 Å². The lowest BCUT2D eigenvalue weighted by Gasteiger charge is -2.28. The summed E-state index contributed by atoms with van der Waals surface area (Å²) < 4.78 is 0.733. The van der Waals surface area contributed by atoms with E-state index in [0.717, 1.165) is 23.4 Å². The van der Waals surface area contributed by atoms with E-state index in [0.29, 0.717) is 0 Å². The van der Waals surface area contributed by atoms with Gasteiger partial charge in [0.25, 0.3) is 0 Å². The molecule has 0 aromatic carbocycles. The zero-order valence-electron chi connectivity index (χ0n) is 9.54. The number of hydrogen-bond acceptors (Lipinski definition) is 3. The van der Waals surface area contributed by atoms with Crippen molar-refractivity contribution in [3.63, 3.8) is 0 Å². The molecule has 0 spiro atoms. The van der Waals surface area contributed by atoms with Crippen molar-refractivity contribution in [2.24, 2.45) is 0 Å². The zero-order chi connectivity index (χ0) is 11.5. The minimum absolute atomic E-state index is 0.116. The highest BCUT2D eigenvalue weighted by atomic mass is 16.5. The summed E-state index contributed by atoms with van der Waals surface area (Å²) in [6.07, 6.45) is 4.77. The Hall–Kier alpha value is -1.13. The highest BCUT2D eigenvalue weighted by Crippen LogP contribution is 2.23. The van der Waals surface area contributed by atoms with Crippen LogP contribution in [0.15, 0.2) is 24.5 Å². The van der Waals surface area contributed by atoms with Crippen molar-refractivity contribution in [1.29, 1.82) is 0 Å². The van der Waals surface area contributed by atoms with Gasteiger partial charge in [0.05, 0.1) is 6.10 Å². The predicted octanol–water partition coefficient (Wildman–Crippen LogP) is 0.838. The smallest absolute Gasteiger partial charge is 0.180 e. The summed E-state index contributed by atoms with van der Waals surface area (Å²) in [5.41, 5.74) is 0.812. The third-order valence-corrected chi connectivity index (χ3v) is 3.34. The summed E-state index contributed by atoms with van der Waals surface area (Å²) in [5.74, 6) is 0. The van der Waals surface area contributed by atoms with Crippen LogP contribution in [0.2, 0.25) is 0 Å². The lowest BCUT2D eigenvalue weighted by molar-refractivity contribution is -0.605. The first-order valence-electron chi connectivity index (χ1n) is 5.79. The van der Waals surface area contributed by atoms with Gasteiger partial charge in [-0.2, -0.15) is 4.73 Å². The Morgan fingerprint density at radius 3 is 2.44 bits per heavy atom. The summed E-state index contributed by atoms with van der Waals surface area (Å²) in [5, 5.41) is 21.1. The van der Waals surface area contributed by atoms with E-state index >= 15 is 0 Å². The number of likely N-dealkylation sites (tertiary alicyclic amines) is 1. The minimum Gasteiger partial charge on any atom is -0.619 e. The van der Waals surface area contributed by atoms with E-state index in [-0.39, 0.29) is 6.04 Å². The Morgan fingerprint density at radius 1 is 1.31 bits per heavy atom. The average Bonchev–Trinajstić information content (AvgIpc) is 2.81. The van der Waals surface area contributed by atoms with Gasteiger partial charge in [-0.1, -0.05) is 0 Å². The summed E-state index contributed by atoms with van der Waals surface area (Å²) in [6, 6.07) is 3.49. The average molecular weight is 222 g/mol. The normalized spacial score (nSPS) is 20.9. The Bertz CT molecular complexity index is 333. The monoisotopic (exact) mass is 222 g/mol. The van der Waals surface area contributed by atoms with E-state index in [4.69, 9.17) is 0 Å². The predicted molar refractivity (Wildman–Crippen MR) is 60.6 cm³/mol. The molecule has 1 saturated heterocycles. The molecule has 88 valence electrons. The van der Waals surface area contributed by atoms with Crippen molar-refractivity contribution in [1.82, 2.24) is 4.90 Å². The quantitative estimate of drug-likeness (QED) is 0.609. The highest BCUT2D eigenvalue weighted by Gasteiger charge is 2.25. The van der Waals surface area contributed by atoms with Gasteiger partial charge in [0.2, 0.25) is 0 Å². The van der Waals surface area contributed by atoms with Crippen molar-refractivity contribution < 1.29 is 9.84 Å². The van der Waals surface area contributed by atoms with Crippen LogP contribution in [0.1, 0.15) is 31.4 Å². The Labute approximate surface area is 95.7 Å². The maximum Gasteiger partial charge on any atom is 0.180 e. The van der Waals surface area contributed by atoms with Crippen LogP contribution < -0.4 is 4.73 Å². The molecule has 1 aromatic heterocycles. The second-order valence-corrected chi connectivity index (χ2v) is 4.42. The number of hydrogen-bond donors (Lipinski definition) is 1. The van der Waals surface area contributed by atoms with Crippen molar-refractivity contribution in [2.45, 2.75) is 31.9 Å². The van der Waals surface area contributed by atoms with Crippen molar-refractivity contribution in [3.05, 3.63) is 35.3 Å². The molecule has 1 aliphatic heterocycles. The molecule has 4 nitrogen and oxygen atoms in total. The van der Waals surface area contributed by atoms with Crippen LogP contribution in [0, 0.1) is 5.21 Å². The SMILES string of the molecule is C[C@@H]([C@@H](O)c1cc[n+]([O-])cc1)N1CCCC1. The Morgan fingerprint density at radius 2 is 1.88 bits per heavy atom. The third kappa shape index (κ3) is 2.33. The number of nitrogens with zero attached hydrogens (tertiary/aromatic N) is 2. The second kappa shape index (κ2) is 4.80. The lowest BCUT2D eigenvalue weighted by Crippen LogP contribution is -2.35. The maximum atomic E-state index is 10.9. The number of aliphatic hydroxyl groups is 1. The van der Waals surface area contributed by atoms with E-state index in [1.807, 2.05) is 6.92 Å². The maximum absolute atomic E-state index is 10.9. The van der Waals surface area contributed by atoms with E-state index in [1.165, 1.54) is 25.2 Å². The molecular weight excluding hydrogens is 204 g/mol. The summed E-state index contributed by atoms with van der Waals surface area (Å²) >= 11 is 0. The zero-order valence-corrected chi connectivity index (χ0v) is 9.54. The molecule has 1 aromatic rings. The summed E-state index contributed by atoms with van der Waals surface area (Å²) in [6.45, 7) is 4.16. The van der Waals surface area contributed by atoms with Crippen LogP contribution in [0.5, 0.6) is 0 Å². The van der Waals surface area contributed by atoms with Gasteiger partial charge in [-0.25, -0.2) is 0 Å². The molecule has 1 aliphatic rings. The van der Waals surface area contributed by atoms with Crippen LogP contribution in [0.25, 0.3) is 0 Å². The van der Waals surface area contributed by atoms with Gasteiger partial charge in [-0.05, 0) is 38.4 Å². The first kappa shape index (κ1) is 11.4. The number of pyridine rings is 1. The largest absolute Gasteiger partial charge is 0.619 e. The summed E-state index contributed by atoms with van der Waals surface area (Å²) in [7, 11) is 0. The molecule has 1 fully saturated rings. The molecule has 2 heterocycles. The molecule has 16 heavy (non-hydrogen) atoms. The van der Waals surface area contributed by atoms with Gasteiger partial charge in [-0.3, -0.25) is 4.90 Å². The molecule has 0 saturated carbocycles. The van der Waals surface area contributed by atoms with Crippen molar-refractivity contribution >= 4 is 0 Å².